The molecular formula is C21H22N4O2. The summed E-state index contributed by atoms with van der Waals surface area (Å²) < 4.78 is 1.22. The second kappa shape index (κ2) is 7.72. The zero-order valence-electron chi connectivity index (χ0n) is 15.1. The van der Waals surface area contributed by atoms with Crippen molar-refractivity contribution < 1.29 is 4.79 Å². The van der Waals surface area contributed by atoms with Crippen molar-refractivity contribution >= 4 is 16.7 Å². The molecular weight excluding hydrogens is 340 g/mol. The molecule has 4 rings (SSSR count). The van der Waals surface area contributed by atoms with E-state index in [-0.39, 0.29) is 18.0 Å². The van der Waals surface area contributed by atoms with Crippen LogP contribution in [0.4, 0.5) is 0 Å². The normalized spacial score (nSPS) is 13.6. The number of fused-ring (bicyclic) bond motifs is 2. The van der Waals surface area contributed by atoms with E-state index < -0.39 is 0 Å². The number of nitrogens with one attached hydrogen (secondary N) is 1. The molecule has 0 atom stereocenters. The Labute approximate surface area is 157 Å². The first-order valence-corrected chi connectivity index (χ1v) is 9.21. The number of nitrogens with zero attached hydrogens (tertiary/aromatic N) is 3. The maximum atomic E-state index is 12.4. The minimum Gasteiger partial charge on any atom is -0.354 e. The van der Waals surface area contributed by atoms with Gasteiger partial charge in [0.1, 0.15) is 6.54 Å². The largest absolute Gasteiger partial charge is 0.354 e. The summed E-state index contributed by atoms with van der Waals surface area (Å²) in [6.45, 7) is 3.41. The number of carbonyl (C=O) groups is 1. The maximum Gasteiger partial charge on any atom is 0.275 e. The van der Waals surface area contributed by atoms with E-state index in [4.69, 9.17) is 0 Å². The van der Waals surface area contributed by atoms with Crippen LogP contribution in [-0.4, -0.2) is 33.7 Å². The van der Waals surface area contributed by atoms with Crippen molar-refractivity contribution in [2.45, 2.75) is 26.1 Å². The Morgan fingerprint density at radius 1 is 1.04 bits per heavy atom. The highest BCUT2D eigenvalue weighted by atomic mass is 16.2. The third-order valence-corrected chi connectivity index (χ3v) is 4.93. The first-order chi connectivity index (χ1) is 13.2. The van der Waals surface area contributed by atoms with Gasteiger partial charge in [0.2, 0.25) is 5.91 Å². The number of benzene rings is 2. The van der Waals surface area contributed by atoms with Gasteiger partial charge < -0.3 is 5.32 Å². The average molecular weight is 362 g/mol. The summed E-state index contributed by atoms with van der Waals surface area (Å²) in [4.78, 5) is 26.9. The predicted molar refractivity (Wildman–Crippen MR) is 104 cm³/mol. The van der Waals surface area contributed by atoms with E-state index in [0.717, 1.165) is 31.4 Å². The summed E-state index contributed by atoms with van der Waals surface area (Å²) in [7, 11) is 0. The molecule has 0 saturated carbocycles. The second-order valence-corrected chi connectivity index (χ2v) is 6.88. The Bertz CT molecular complexity index is 1000. The van der Waals surface area contributed by atoms with Gasteiger partial charge in [0.15, 0.2) is 0 Å². The van der Waals surface area contributed by atoms with Crippen molar-refractivity contribution in [3.63, 3.8) is 0 Å². The lowest BCUT2D eigenvalue weighted by molar-refractivity contribution is -0.121. The van der Waals surface area contributed by atoms with Crippen LogP contribution in [0.25, 0.3) is 10.8 Å². The lowest BCUT2D eigenvalue weighted by Crippen LogP contribution is -2.34. The van der Waals surface area contributed by atoms with E-state index in [1.807, 2.05) is 18.2 Å². The summed E-state index contributed by atoms with van der Waals surface area (Å²) in [6.07, 6.45) is 2.49. The summed E-state index contributed by atoms with van der Waals surface area (Å²) in [5, 5.41) is 8.34. The van der Waals surface area contributed by atoms with Crippen LogP contribution in [0.3, 0.4) is 0 Å². The molecule has 6 nitrogen and oxygen atoms in total. The zero-order chi connectivity index (χ0) is 18.6. The van der Waals surface area contributed by atoms with Crippen LogP contribution in [0.15, 0.2) is 59.5 Å². The van der Waals surface area contributed by atoms with Gasteiger partial charge in [0.05, 0.1) is 11.6 Å². The van der Waals surface area contributed by atoms with Crippen LogP contribution in [0.1, 0.15) is 17.5 Å². The minimum atomic E-state index is -0.238. The summed E-state index contributed by atoms with van der Waals surface area (Å²) in [5.41, 5.74) is 2.55. The Balaban J connectivity index is 1.25. The standard InChI is InChI=1S/C21H22N4O2/c26-20(15-25-21(27)19-9-4-3-6-16(19)12-23-25)22-10-5-11-24-13-17-7-1-2-8-18(17)14-24/h1-4,6-9,12H,5,10-11,13-15H2,(H,22,26). The van der Waals surface area contributed by atoms with E-state index in [9.17, 15) is 9.59 Å². The van der Waals surface area contributed by atoms with E-state index in [0.29, 0.717) is 11.9 Å². The smallest absolute Gasteiger partial charge is 0.275 e. The monoisotopic (exact) mass is 362 g/mol. The van der Waals surface area contributed by atoms with Gasteiger partial charge in [-0.25, -0.2) is 4.68 Å². The van der Waals surface area contributed by atoms with Crippen molar-refractivity contribution in [2.75, 3.05) is 13.1 Å². The molecule has 27 heavy (non-hydrogen) atoms. The molecule has 6 heteroatoms. The van der Waals surface area contributed by atoms with Gasteiger partial charge in [-0.2, -0.15) is 5.10 Å². The molecule has 1 aliphatic rings. The minimum absolute atomic E-state index is 0.0567. The summed E-state index contributed by atoms with van der Waals surface area (Å²) >= 11 is 0. The highest BCUT2D eigenvalue weighted by Crippen LogP contribution is 2.21. The molecule has 138 valence electrons. The molecule has 0 aliphatic carbocycles. The molecule has 1 aromatic heterocycles. The van der Waals surface area contributed by atoms with Crippen molar-refractivity contribution in [3.05, 3.63) is 76.2 Å². The molecule has 2 aromatic carbocycles. The first kappa shape index (κ1) is 17.4. The number of amides is 1. The van der Waals surface area contributed by atoms with E-state index in [1.165, 1.54) is 15.8 Å². The molecule has 2 heterocycles. The van der Waals surface area contributed by atoms with Crippen LogP contribution in [0.2, 0.25) is 0 Å². The fourth-order valence-corrected chi connectivity index (χ4v) is 3.52. The van der Waals surface area contributed by atoms with Crippen molar-refractivity contribution in [2.24, 2.45) is 0 Å². The van der Waals surface area contributed by atoms with Gasteiger partial charge >= 0.3 is 0 Å². The van der Waals surface area contributed by atoms with Gasteiger partial charge in [0.25, 0.3) is 5.56 Å². The summed E-state index contributed by atoms with van der Waals surface area (Å²) in [5.74, 6) is -0.190. The lowest BCUT2D eigenvalue weighted by atomic mass is 10.1. The van der Waals surface area contributed by atoms with Gasteiger partial charge in [-0.05, 0) is 23.6 Å². The van der Waals surface area contributed by atoms with Crippen molar-refractivity contribution in [3.8, 4) is 0 Å². The van der Waals surface area contributed by atoms with Gasteiger partial charge in [-0.15, -0.1) is 0 Å². The number of rotatable bonds is 6. The Hall–Kier alpha value is -2.99. The zero-order valence-corrected chi connectivity index (χ0v) is 15.1. The van der Waals surface area contributed by atoms with Crippen LogP contribution < -0.4 is 10.9 Å². The van der Waals surface area contributed by atoms with Gasteiger partial charge in [-0.1, -0.05) is 42.5 Å². The molecule has 3 aromatic rings. The lowest BCUT2D eigenvalue weighted by Gasteiger charge is -2.14. The molecule has 0 saturated heterocycles. The van der Waals surface area contributed by atoms with Crippen molar-refractivity contribution in [1.82, 2.24) is 20.0 Å². The third-order valence-electron chi connectivity index (χ3n) is 4.93. The number of hydrogen-bond acceptors (Lipinski definition) is 4. The fraction of sp³-hybridized carbons (Fsp3) is 0.286. The number of hydrogen-bond donors (Lipinski definition) is 1. The molecule has 0 spiro atoms. The van der Waals surface area contributed by atoms with Gasteiger partial charge in [-0.3, -0.25) is 14.5 Å². The Kier molecular flexibility index (Phi) is 4.98. The SMILES string of the molecule is O=C(Cn1ncc2ccccc2c1=O)NCCCN1Cc2ccccc2C1. The first-order valence-electron chi connectivity index (χ1n) is 9.21. The Morgan fingerprint density at radius 3 is 2.52 bits per heavy atom. The van der Waals surface area contributed by atoms with E-state index >= 15 is 0 Å². The molecule has 1 amide bonds. The Morgan fingerprint density at radius 2 is 1.74 bits per heavy atom. The average Bonchev–Trinajstić information content (AvgIpc) is 3.10. The highest BCUT2D eigenvalue weighted by molar-refractivity contribution is 5.81. The molecule has 1 N–H and O–H groups in total. The van der Waals surface area contributed by atoms with Crippen LogP contribution in [0, 0.1) is 0 Å². The molecule has 0 bridgehead atoms. The second-order valence-electron chi connectivity index (χ2n) is 6.88. The molecule has 1 aliphatic heterocycles. The van der Waals surface area contributed by atoms with E-state index in [1.54, 1.807) is 12.3 Å². The fourth-order valence-electron chi connectivity index (χ4n) is 3.52. The number of carbonyl (C=O) groups excluding carboxylic acids is 1. The van der Waals surface area contributed by atoms with Crippen LogP contribution in [-0.2, 0) is 24.4 Å². The van der Waals surface area contributed by atoms with E-state index in [2.05, 4.69) is 39.6 Å². The maximum absolute atomic E-state index is 12.4. The van der Waals surface area contributed by atoms with Crippen LogP contribution in [0.5, 0.6) is 0 Å². The van der Waals surface area contributed by atoms with Gasteiger partial charge in [0, 0.05) is 31.6 Å². The molecule has 0 fully saturated rings. The highest BCUT2D eigenvalue weighted by Gasteiger charge is 2.17. The predicted octanol–water partition coefficient (Wildman–Crippen LogP) is 1.92. The number of aromatic nitrogens is 2. The quantitative estimate of drug-likeness (QED) is 0.681. The molecule has 0 unspecified atom stereocenters. The molecule has 0 radical (unpaired) electrons. The van der Waals surface area contributed by atoms with Crippen LogP contribution >= 0.6 is 0 Å². The topological polar surface area (TPSA) is 67.2 Å². The third kappa shape index (κ3) is 3.90. The van der Waals surface area contributed by atoms with Crippen molar-refractivity contribution in [1.29, 1.82) is 0 Å². The summed E-state index contributed by atoms with van der Waals surface area (Å²) in [6, 6.07) is 15.8.